The summed E-state index contributed by atoms with van der Waals surface area (Å²) in [6, 6.07) is 1.31. The molecule has 8 heteroatoms. The molecule has 0 unspecified atom stereocenters. The third kappa shape index (κ3) is 4.13. The summed E-state index contributed by atoms with van der Waals surface area (Å²) in [7, 11) is -3.57. The fraction of sp³-hybridized carbons (Fsp3) is 0.500. The molecule has 1 rings (SSSR count). The molecule has 0 aromatic carbocycles. The van der Waals surface area contributed by atoms with Crippen molar-refractivity contribution in [2.75, 3.05) is 6.54 Å². The van der Waals surface area contributed by atoms with Crippen molar-refractivity contribution < 1.29 is 22.7 Å². The van der Waals surface area contributed by atoms with Gasteiger partial charge >= 0.3 is 5.97 Å². The summed E-state index contributed by atoms with van der Waals surface area (Å²) in [6.07, 6.45) is 0.684. The molecule has 7 nitrogen and oxygen atoms in total. The molecule has 18 heavy (non-hydrogen) atoms. The molecule has 0 aliphatic heterocycles. The van der Waals surface area contributed by atoms with E-state index in [1.165, 1.54) is 13.0 Å². The lowest BCUT2D eigenvalue weighted by Crippen LogP contribution is -2.36. The number of aromatic carboxylic acids is 1. The smallest absolute Gasteiger partial charge is 0.339 e. The summed E-state index contributed by atoms with van der Waals surface area (Å²) in [6.45, 7) is 3.61. The molecule has 0 fully saturated rings. The Hall–Kier alpha value is -1.38. The molecule has 3 N–H and O–H groups in total. The number of nitrogens with one attached hydrogen (secondary N) is 2. The van der Waals surface area contributed by atoms with Crippen LogP contribution in [-0.4, -0.2) is 26.0 Å². The van der Waals surface area contributed by atoms with Crippen LogP contribution in [0.25, 0.3) is 0 Å². The molecule has 0 radical (unpaired) electrons. The molecule has 1 aromatic rings. The predicted octanol–water partition coefficient (Wildman–Crippen LogP) is 0.620. The van der Waals surface area contributed by atoms with Crippen LogP contribution in [0.3, 0.4) is 0 Å². The molecule has 102 valence electrons. The Morgan fingerprint density at radius 3 is 2.61 bits per heavy atom. The number of carboxylic acids is 1. The standard InChI is InChI=1S/C10H16N2O5S/c1-3-4-11-18(15,16)12-6-8-5-9(10(13)14)7(2)17-8/h5,11-12H,3-4,6H2,1-2H3,(H,13,14). The zero-order chi connectivity index (χ0) is 13.8. The maximum Gasteiger partial charge on any atom is 0.339 e. The third-order valence-electron chi connectivity index (χ3n) is 2.18. The Morgan fingerprint density at radius 1 is 1.44 bits per heavy atom. The molecule has 0 aliphatic carbocycles. The van der Waals surface area contributed by atoms with Crippen LogP contribution in [0, 0.1) is 6.92 Å². The molecule has 0 saturated heterocycles. The number of carboxylic acid groups (broad SMARTS) is 1. The Labute approximate surface area is 105 Å². The lowest BCUT2D eigenvalue weighted by Gasteiger charge is -2.05. The van der Waals surface area contributed by atoms with Crippen molar-refractivity contribution in [1.29, 1.82) is 0 Å². The van der Waals surface area contributed by atoms with Crippen LogP contribution in [0.5, 0.6) is 0 Å². The first-order valence-electron chi connectivity index (χ1n) is 5.42. The van der Waals surface area contributed by atoms with Crippen molar-refractivity contribution in [2.24, 2.45) is 0 Å². The van der Waals surface area contributed by atoms with Gasteiger partial charge in [0.05, 0.1) is 6.54 Å². The fourth-order valence-electron chi connectivity index (χ4n) is 1.30. The minimum absolute atomic E-state index is 0.0331. The molecule has 0 bridgehead atoms. The lowest BCUT2D eigenvalue weighted by atomic mass is 10.2. The number of rotatable bonds is 7. The van der Waals surface area contributed by atoms with Gasteiger partial charge in [0.1, 0.15) is 17.1 Å². The summed E-state index contributed by atoms with van der Waals surface area (Å²) in [5.74, 6) is -0.598. The lowest BCUT2D eigenvalue weighted by molar-refractivity contribution is 0.0695. The largest absolute Gasteiger partial charge is 0.478 e. The van der Waals surface area contributed by atoms with Crippen LogP contribution < -0.4 is 9.44 Å². The third-order valence-corrected chi connectivity index (χ3v) is 3.29. The summed E-state index contributed by atoms with van der Waals surface area (Å²) in [5.41, 5.74) is 0.0331. The maximum atomic E-state index is 11.4. The molecule has 0 aliphatic rings. The number of carbonyl (C=O) groups is 1. The van der Waals surface area contributed by atoms with Gasteiger partial charge in [-0.2, -0.15) is 13.1 Å². The van der Waals surface area contributed by atoms with Gasteiger partial charge in [0.25, 0.3) is 10.2 Å². The van der Waals surface area contributed by atoms with E-state index in [0.717, 1.165) is 0 Å². The van der Waals surface area contributed by atoms with Crippen LogP contribution in [-0.2, 0) is 16.8 Å². The highest BCUT2D eigenvalue weighted by Gasteiger charge is 2.15. The topological polar surface area (TPSA) is 109 Å². The minimum atomic E-state index is -3.57. The normalized spacial score (nSPS) is 11.7. The molecule has 0 saturated carbocycles. The van der Waals surface area contributed by atoms with Crippen LogP contribution in [0.1, 0.15) is 35.2 Å². The number of furan rings is 1. The number of hydrogen-bond acceptors (Lipinski definition) is 4. The van der Waals surface area contributed by atoms with Gasteiger partial charge in [0.15, 0.2) is 0 Å². The SMILES string of the molecule is CCCNS(=O)(=O)NCc1cc(C(=O)O)c(C)o1. The molecular formula is C10H16N2O5S. The Kier molecular flexibility index (Phi) is 4.88. The molecule has 1 aromatic heterocycles. The van der Waals surface area contributed by atoms with Crippen LogP contribution in [0.2, 0.25) is 0 Å². The van der Waals surface area contributed by atoms with E-state index < -0.39 is 16.2 Å². The first-order chi connectivity index (χ1) is 8.35. The summed E-state index contributed by atoms with van der Waals surface area (Å²) in [5, 5.41) is 8.81. The Bertz CT molecular complexity index is 520. The Balaban J connectivity index is 2.64. The van der Waals surface area contributed by atoms with Gasteiger partial charge < -0.3 is 9.52 Å². The first kappa shape index (κ1) is 14.7. The van der Waals surface area contributed by atoms with E-state index in [0.29, 0.717) is 13.0 Å². The van der Waals surface area contributed by atoms with Crippen molar-refractivity contribution in [2.45, 2.75) is 26.8 Å². The van der Waals surface area contributed by atoms with Crippen molar-refractivity contribution in [3.63, 3.8) is 0 Å². The van der Waals surface area contributed by atoms with E-state index in [1.807, 2.05) is 6.92 Å². The summed E-state index contributed by atoms with van der Waals surface area (Å²) >= 11 is 0. The molecule has 0 amide bonds. The number of hydrogen-bond donors (Lipinski definition) is 3. The zero-order valence-electron chi connectivity index (χ0n) is 10.2. The number of aryl methyl sites for hydroxylation is 1. The van der Waals surface area contributed by atoms with Crippen LogP contribution in [0.4, 0.5) is 0 Å². The van der Waals surface area contributed by atoms with Gasteiger partial charge in [-0.25, -0.2) is 9.52 Å². The van der Waals surface area contributed by atoms with E-state index in [1.54, 1.807) is 0 Å². The predicted molar refractivity (Wildman–Crippen MR) is 64.5 cm³/mol. The van der Waals surface area contributed by atoms with Gasteiger partial charge in [-0.3, -0.25) is 0 Å². The van der Waals surface area contributed by atoms with E-state index in [2.05, 4.69) is 9.44 Å². The highest BCUT2D eigenvalue weighted by atomic mass is 32.2. The van der Waals surface area contributed by atoms with E-state index in [4.69, 9.17) is 9.52 Å². The highest BCUT2D eigenvalue weighted by Crippen LogP contribution is 2.14. The fourth-order valence-corrected chi connectivity index (χ4v) is 2.20. The second kappa shape index (κ2) is 5.98. The van der Waals surface area contributed by atoms with Crippen molar-refractivity contribution in [3.05, 3.63) is 23.2 Å². The summed E-state index contributed by atoms with van der Waals surface area (Å²) in [4.78, 5) is 10.8. The molecule has 0 atom stereocenters. The highest BCUT2D eigenvalue weighted by molar-refractivity contribution is 7.87. The van der Waals surface area contributed by atoms with Crippen LogP contribution in [0.15, 0.2) is 10.5 Å². The van der Waals surface area contributed by atoms with Gasteiger partial charge in [-0.1, -0.05) is 6.92 Å². The maximum absolute atomic E-state index is 11.4. The molecule has 0 spiro atoms. The van der Waals surface area contributed by atoms with Crippen molar-refractivity contribution in [1.82, 2.24) is 9.44 Å². The average molecular weight is 276 g/mol. The molecular weight excluding hydrogens is 260 g/mol. The second-order valence-electron chi connectivity index (χ2n) is 3.71. The monoisotopic (exact) mass is 276 g/mol. The minimum Gasteiger partial charge on any atom is -0.478 e. The first-order valence-corrected chi connectivity index (χ1v) is 6.91. The van der Waals surface area contributed by atoms with Gasteiger partial charge in [-0.15, -0.1) is 0 Å². The van der Waals surface area contributed by atoms with E-state index in [-0.39, 0.29) is 23.6 Å². The summed E-state index contributed by atoms with van der Waals surface area (Å²) < 4.78 is 32.5. The zero-order valence-corrected chi connectivity index (χ0v) is 11.0. The second-order valence-corrected chi connectivity index (χ2v) is 5.29. The van der Waals surface area contributed by atoms with Gasteiger partial charge in [-0.05, 0) is 19.4 Å². The van der Waals surface area contributed by atoms with Gasteiger partial charge in [0, 0.05) is 6.54 Å². The van der Waals surface area contributed by atoms with Crippen LogP contribution >= 0.6 is 0 Å². The van der Waals surface area contributed by atoms with Gasteiger partial charge in [0.2, 0.25) is 0 Å². The van der Waals surface area contributed by atoms with Crippen molar-refractivity contribution in [3.8, 4) is 0 Å². The van der Waals surface area contributed by atoms with E-state index in [9.17, 15) is 13.2 Å². The quantitative estimate of drug-likeness (QED) is 0.676. The molecule has 1 heterocycles. The van der Waals surface area contributed by atoms with E-state index >= 15 is 0 Å². The van der Waals surface area contributed by atoms with Crippen molar-refractivity contribution >= 4 is 16.2 Å². The average Bonchev–Trinajstić information content (AvgIpc) is 2.66. The Morgan fingerprint density at radius 2 is 2.11 bits per heavy atom.